The summed E-state index contributed by atoms with van der Waals surface area (Å²) in [4.78, 5) is 0. The van der Waals surface area contributed by atoms with Gasteiger partial charge in [0.1, 0.15) is 0 Å². The van der Waals surface area contributed by atoms with Gasteiger partial charge in [0.05, 0.1) is 0 Å². The molecule has 0 aliphatic rings. The molecule has 1 unspecified atom stereocenters. The zero-order valence-electron chi connectivity index (χ0n) is 11.0. The van der Waals surface area contributed by atoms with E-state index in [1.165, 1.54) is 0 Å². The Morgan fingerprint density at radius 1 is 1.18 bits per heavy atom. The van der Waals surface area contributed by atoms with Crippen LogP contribution in [0.2, 0.25) is 10.0 Å². The van der Waals surface area contributed by atoms with Gasteiger partial charge in [-0.15, -0.1) is 0 Å². The minimum atomic E-state index is 0.228. The van der Waals surface area contributed by atoms with E-state index in [1.54, 1.807) is 0 Å². The molecular weight excluding hydrogens is 253 g/mol. The third kappa shape index (κ3) is 4.17. The van der Waals surface area contributed by atoms with Crippen LogP contribution in [0, 0.1) is 11.3 Å². The Bertz CT molecular complexity index is 349. The zero-order valence-corrected chi connectivity index (χ0v) is 12.5. The van der Waals surface area contributed by atoms with Crippen molar-refractivity contribution in [3.8, 4) is 0 Å². The van der Waals surface area contributed by atoms with Crippen LogP contribution in [0.1, 0.15) is 26.3 Å². The van der Waals surface area contributed by atoms with Gasteiger partial charge in [-0.1, -0.05) is 50.0 Å². The molecule has 0 saturated heterocycles. The largest absolute Gasteiger partial charge is 0.319 e. The van der Waals surface area contributed by atoms with E-state index in [9.17, 15) is 0 Å². The van der Waals surface area contributed by atoms with Crippen LogP contribution < -0.4 is 5.32 Å². The molecule has 0 amide bonds. The predicted molar refractivity (Wildman–Crippen MR) is 77.0 cm³/mol. The van der Waals surface area contributed by atoms with Crippen molar-refractivity contribution in [2.75, 3.05) is 13.6 Å². The number of rotatable bonds is 4. The fourth-order valence-electron chi connectivity index (χ4n) is 1.90. The van der Waals surface area contributed by atoms with E-state index in [1.807, 2.05) is 25.2 Å². The van der Waals surface area contributed by atoms with Gasteiger partial charge in [-0.05, 0) is 49.0 Å². The van der Waals surface area contributed by atoms with Crippen LogP contribution in [0.15, 0.2) is 18.2 Å². The van der Waals surface area contributed by atoms with Crippen molar-refractivity contribution >= 4 is 23.2 Å². The molecule has 0 aliphatic heterocycles. The fraction of sp³-hybridized carbons (Fsp3) is 0.571. The molecule has 1 aromatic carbocycles. The molecule has 0 radical (unpaired) electrons. The monoisotopic (exact) mass is 273 g/mol. The summed E-state index contributed by atoms with van der Waals surface area (Å²) < 4.78 is 0. The number of nitrogens with one attached hydrogen (secondary N) is 1. The lowest BCUT2D eigenvalue weighted by atomic mass is 9.77. The van der Waals surface area contributed by atoms with E-state index >= 15 is 0 Å². The Labute approximate surface area is 115 Å². The molecule has 1 N–H and O–H groups in total. The molecule has 3 heteroatoms. The molecule has 17 heavy (non-hydrogen) atoms. The number of hydrogen-bond acceptors (Lipinski definition) is 1. The van der Waals surface area contributed by atoms with Gasteiger partial charge < -0.3 is 5.32 Å². The van der Waals surface area contributed by atoms with Gasteiger partial charge in [-0.25, -0.2) is 0 Å². The van der Waals surface area contributed by atoms with E-state index < -0.39 is 0 Å². The molecule has 1 rings (SSSR count). The zero-order chi connectivity index (χ0) is 13.1. The Balaban J connectivity index is 2.94. The summed E-state index contributed by atoms with van der Waals surface area (Å²) in [6, 6.07) is 5.70. The first-order valence-electron chi connectivity index (χ1n) is 5.93. The van der Waals surface area contributed by atoms with Crippen molar-refractivity contribution in [2.24, 2.45) is 11.3 Å². The second-order valence-corrected chi connectivity index (χ2v) is 6.34. The van der Waals surface area contributed by atoms with Crippen LogP contribution in [0.3, 0.4) is 0 Å². The molecule has 0 aromatic heterocycles. The first-order valence-corrected chi connectivity index (χ1v) is 6.69. The second-order valence-electron chi connectivity index (χ2n) is 5.52. The molecule has 0 aliphatic carbocycles. The van der Waals surface area contributed by atoms with Crippen LogP contribution in [-0.4, -0.2) is 13.6 Å². The van der Waals surface area contributed by atoms with Crippen LogP contribution in [-0.2, 0) is 6.42 Å². The lowest BCUT2D eigenvalue weighted by molar-refractivity contribution is 0.235. The van der Waals surface area contributed by atoms with Crippen molar-refractivity contribution in [3.63, 3.8) is 0 Å². The van der Waals surface area contributed by atoms with Gasteiger partial charge >= 0.3 is 0 Å². The maximum absolute atomic E-state index is 6.22. The predicted octanol–water partition coefficient (Wildman–Crippen LogP) is 4.42. The van der Waals surface area contributed by atoms with Crippen LogP contribution in [0.4, 0.5) is 0 Å². The molecular formula is C14H21Cl2N. The third-order valence-electron chi connectivity index (χ3n) is 3.19. The van der Waals surface area contributed by atoms with Crippen LogP contribution >= 0.6 is 23.2 Å². The number of hydrogen-bond donors (Lipinski definition) is 1. The smallest absolute Gasteiger partial charge is 0.0452 e. The highest BCUT2D eigenvalue weighted by Crippen LogP contribution is 2.33. The molecule has 1 atom stereocenters. The first-order chi connectivity index (χ1) is 7.86. The standard InChI is InChI=1S/C14H21Cl2N/c1-14(2,3)10(9-17-4)8-11-12(15)6-5-7-13(11)16/h5-7,10,17H,8-9H2,1-4H3. The Hall–Kier alpha value is -0.240. The number of benzene rings is 1. The SMILES string of the molecule is CNCC(Cc1c(Cl)cccc1Cl)C(C)(C)C. The van der Waals surface area contributed by atoms with E-state index in [2.05, 4.69) is 26.1 Å². The molecule has 0 fully saturated rings. The lowest BCUT2D eigenvalue weighted by Crippen LogP contribution is -2.31. The molecule has 96 valence electrons. The quantitative estimate of drug-likeness (QED) is 0.857. The molecule has 0 bridgehead atoms. The number of halogens is 2. The molecule has 1 nitrogen and oxygen atoms in total. The van der Waals surface area contributed by atoms with Crippen molar-refractivity contribution in [2.45, 2.75) is 27.2 Å². The van der Waals surface area contributed by atoms with Gasteiger partial charge in [0.15, 0.2) is 0 Å². The maximum atomic E-state index is 6.22. The van der Waals surface area contributed by atoms with Crippen molar-refractivity contribution in [1.82, 2.24) is 5.32 Å². The lowest BCUT2D eigenvalue weighted by Gasteiger charge is -2.31. The molecule has 0 heterocycles. The summed E-state index contributed by atoms with van der Waals surface area (Å²) in [6.07, 6.45) is 0.906. The van der Waals surface area contributed by atoms with E-state index in [4.69, 9.17) is 23.2 Å². The first kappa shape index (κ1) is 14.8. The van der Waals surface area contributed by atoms with Crippen molar-refractivity contribution in [3.05, 3.63) is 33.8 Å². The highest BCUT2D eigenvalue weighted by Gasteiger charge is 2.25. The summed E-state index contributed by atoms with van der Waals surface area (Å²) in [7, 11) is 1.98. The van der Waals surface area contributed by atoms with Crippen LogP contribution in [0.25, 0.3) is 0 Å². The van der Waals surface area contributed by atoms with Gasteiger partial charge in [-0.3, -0.25) is 0 Å². The Morgan fingerprint density at radius 3 is 2.12 bits per heavy atom. The molecule has 0 spiro atoms. The minimum Gasteiger partial charge on any atom is -0.319 e. The van der Waals surface area contributed by atoms with E-state index in [0.29, 0.717) is 5.92 Å². The maximum Gasteiger partial charge on any atom is 0.0452 e. The Kier molecular flexibility index (Phi) is 5.30. The summed E-state index contributed by atoms with van der Waals surface area (Å²) in [5, 5.41) is 4.78. The van der Waals surface area contributed by atoms with Gasteiger partial charge in [0, 0.05) is 10.0 Å². The van der Waals surface area contributed by atoms with Crippen molar-refractivity contribution in [1.29, 1.82) is 0 Å². The third-order valence-corrected chi connectivity index (χ3v) is 3.90. The second kappa shape index (κ2) is 6.08. The summed E-state index contributed by atoms with van der Waals surface area (Å²) in [5.41, 5.74) is 1.29. The average Bonchev–Trinajstić information content (AvgIpc) is 2.20. The summed E-state index contributed by atoms with van der Waals surface area (Å²) in [5.74, 6) is 0.505. The fourth-order valence-corrected chi connectivity index (χ4v) is 2.46. The van der Waals surface area contributed by atoms with Crippen molar-refractivity contribution < 1.29 is 0 Å². The highest BCUT2D eigenvalue weighted by molar-refractivity contribution is 6.35. The Morgan fingerprint density at radius 2 is 1.71 bits per heavy atom. The van der Waals surface area contributed by atoms with Gasteiger partial charge in [-0.2, -0.15) is 0 Å². The van der Waals surface area contributed by atoms with E-state index in [0.717, 1.165) is 28.6 Å². The van der Waals surface area contributed by atoms with Gasteiger partial charge in [0.25, 0.3) is 0 Å². The highest BCUT2D eigenvalue weighted by atomic mass is 35.5. The normalized spacial score (nSPS) is 13.8. The van der Waals surface area contributed by atoms with Crippen LogP contribution in [0.5, 0.6) is 0 Å². The topological polar surface area (TPSA) is 12.0 Å². The minimum absolute atomic E-state index is 0.228. The summed E-state index contributed by atoms with van der Waals surface area (Å²) >= 11 is 12.4. The summed E-state index contributed by atoms with van der Waals surface area (Å²) in [6.45, 7) is 7.71. The molecule has 0 saturated carbocycles. The van der Waals surface area contributed by atoms with Gasteiger partial charge in [0.2, 0.25) is 0 Å². The average molecular weight is 274 g/mol. The molecule has 1 aromatic rings. The van der Waals surface area contributed by atoms with E-state index in [-0.39, 0.29) is 5.41 Å².